The van der Waals surface area contributed by atoms with Crippen molar-refractivity contribution >= 4 is 0 Å². The molecule has 1 aliphatic carbocycles. The van der Waals surface area contributed by atoms with Gasteiger partial charge in [0.2, 0.25) is 0 Å². The summed E-state index contributed by atoms with van der Waals surface area (Å²) in [7, 11) is 1.68. The fraction of sp³-hybridized carbons (Fsp3) is 0.368. The fourth-order valence-corrected chi connectivity index (χ4v) is 3.23. The zero-order valence-electron chi connectivity index (χ0n) is 12.4. The third-order valence-corrected chi connectivity index (χ3v) is 4.56. The molecule has 21 heavy (non-hydrogen) atoms. The van der Waals surface area contributed by atoms with Gasteiger partial charge in [0.25, 0.3) is 0 Å². The molecule has 0 spiro atoms. The second-order valence-corrected chi connectivity index (χ2v) is 5.91. The molecule has 0 saturated heterocycles. The molecule has 0 bridgehead atoms. The van der Waals surface area contributed by atoms with Crippen LogP contribution in [0.15, 0.2) is 54.6 Å². The molecule has 0 aliphatic heterocycles. The predicted molar refractivity (Wildman–Crippen MR) is 84.6 cm³/mol. The van der Waals surface area contributed by atoms with Crippen LogP contribution in [0.1, 0.15) is 23.5 Å². The number of methoxy groups -OCH3 is 1. The number of rotatable bonds is 6. The highest BCUT2D eigenvalue weighted by Gasteiger charge is 2.43. The summed E-state index contributed by atoms with van der Waals surface area (Å²) in [5, 5.41) is 9.74. The Balaban J connectivity index is 1.64. The van der Waals surface area contributed by atoms with Crippen LogP contribution >= 0.6 is 0 Å². The number of aliphatic hydroxyl groups is 1. The highest BCUT2D eigenvalue weighted by Crippen LogP contribution is 2.52. The van der Waals surface area contributed by atoms with E-state index in [4.69, 9.17) is 4.74 Å². The molecule has 0 radical (unpaired) electrons. The second kappa shape index (κ2) is 6.31. The monoisotopic (exact) mass is 282 g/mol. The zero-order chi connectivity index (χ0) is 14.7. The van der Waals surface area contributed by atoms with Gasteiger partial charge in [-0.05, 0) is 53.9 Å². The minimum absolute atomic E-state index is 0.264. The zero-order valence-corrected chi connectivity index (χ0v) is 12.4. The highest BCUT2D eigenvalue weighted by atomic mass is 16.5. The smallest absolute Gasteiger partial charge is 0.118 e. The van der Waals surface area contributed by atoms with Gasteiger partial charge in [-0.15, -0.1) is 0 Å². The van der Waals surface area contributed by atoms with Crippen molar-refractivity contribution in [3.8, 4) is 5.75 Å². The lowest BCUT2D eigenvalue weighted by atomic mass is 9.93. The third-order valence-electron chi connectivity index (χ3n) is 4.56. The van der Waals surface area contributed by atoms with Crippen molar-refractivity contribution in [3.63, 3.8) is 0 Å². The maximum Gasteiger partial charge on any atom is 0.118 e. The molecular weight excluding hydrogens is 260 g/mol. The van der Waals surface area contributed by atoms with Gasteiger partial charge in [-0.3, -0.25) is 0 Å². The first kappa shape index (κ1) is 14.2. The van der Waals surface area contributed by atoms with Crippen molar-refractivity contribution in [2.24, 2.45) is 11.8 Å². The second-order valence-electron chi connectivity index (χ2n) is 5.91. The average molecular weight is 282 g/mol. The molecule has 1 fully saturated rings. The molecule has 0 heterocycles. The lowest BCUT2D eigenvalue weighted by molar-refractivity contribution is 0.207. The van der Waals surface area contributed by atoms with Gasteiger partial charge in [0.1, 0.15) is 5.75 Å². The summed E-state index contributed by atoms with van der Waals surface area (Å²) < 4.78 is 5.19. The quantitative estimate of drug-likeness (QED) is 0.876. The van der Waals surface area contributed by atoms with Gasteiger partial charge >= 0.3 is 0 Å². The Morgan fingerprint density at radius 1 is 1.10 bits per heavy atom. The molecule has 3 unspecified atom stereocenters. The van der Waals surface area contributed by atoms with Gasteiger partial charge < -0.3 is 9.84 Å². The van der Waals surface area contributed by atoms with E-state index < -0.39 is 0 Å². The molecule has 2 heteroatoms. The molecule has 0 aromatic heterocycles. The number of ether oxygens (including phenoxy) is 1. The Morgan fingerprint density at radius 3 is 2.43 bits per heavy atom. The van der Waals surface area contributed by atoms with Gasteiger partial charge in [-0.25, -0.2) is 0 Å². The molecule has 2 nitrogen and oxygen atoms in total. The normalized spacial score (nSPS) is 21.8. The van der Waals surface area contributed by atoms with Gasteiger partial charge in [-0.2, -0.15) is 0 Å². The largest absolute Gasteiger partial charge is 0.497 e. The summed E-state index contributed by atoms with van der Waals surface area (Å²) in [5.74, 6) is 2.47. The Kier molecular flexibility index (Phi) is 4.26. The fourth-order valence-electron chi connectivity index (χ4n) is 3.23. The first-order valence-corrected chi connectivity index (χ1v) is 7.60. The standard InChI is InChI=1S/C19H22O2/c1-21-17-9-7-14(8-10-17)11-16(13-20)19-12-18(19)15-5-3-2-4-6-15/h2-10,16,18-20H,11-13H2,1H3. The summed E-state index contributed by atoms with van der Waals surface area (Å²) in [5.41, 5.74) is 2.68. The molecular formula is C19H22O2. The average Bonchev–Trinajstić information content (AvgIpc) is 3.34. The first-order valence-electron chi connectivity index (χ1n) is 7.60. The Morgan fingerprint density at radius 2 is 1.81 bits per heavy atom. The third kappa shape index (κ3) is 3.27. The van der Waals surface area contributed by atoms with Crippen LogP contribution < -0.4 is 4.74 Å². The minimum Gasteiger partial charge on any atom is -0.497 e. The van der Waals surface area contributed by atoms with Gasteiger partial charge in [-0.1, -0.05) is 42.5 Å². The molecule has 3 atom stereocenters. The van der Waals surface area contributed by atoms with Crippen molar-refractivity contribution in [3.05, 3.63) is 65.7 Å². The highest BCUT2D eigenvalue weighted by molar-refractivity contribution is 5.29. The first-order chi connectivity index (χ1) is 10.3. The van der Waals surface area contributed by atoms with Gasteiger partial charge in [0.15, 0.2) is 0 Å². The summed E-state index contributed by atoms with van der Waals surface area (Å²) in [6, 6.07) is 18.8. The van der Waals surface area contributed by atoms with E-state index in [2.05, 4.69) is 42.5 Å². The Hall–Kier alpha value is -1.80. The SMILES string of the molecule is COc1ccc(CC(CO)C2CC2c2ccccc2)cc1. The molecule has 2 aromatic carbocycles. The number of hydrogen-bond acceptors (Lipinski definition) is 2. The maximum absolute atomic E-state index is 9.74. The number of aliphatic hydroxyl groups excluding tert-OH is 1. The summed E-state index contributed by atoms with van der Waals surface area (Å²) >= 11 is 0. The van der Waals surface area contributed by atoms with Crippen LogP contribution in [0.2, 0.25) is 0 Å². The van der Waals surface area contributed by atoms with E-state index >= 15 is 0 Å². The Labute approximate surface area is 126 Å². The van der Waals surface area contributed by atoms with E-state index in [-0.39, 0.29) is 6.61 Å². The summed E-state index contributed by atoms with van der Waals surface area (Å²) in [6.45, 7) is 0.264. The molecule has 110 valence electrons. The predicted octanol–water partition coefficient (Wildman–Crippen LogP) is 3.65. The lowest BCUT2D eigenvalue weighted by Crippen LogP contribution is -2.13. The van der Waals surface area contributed by atoms with Crippen LogP contribution in [0.25, 0.3) is 0 Å². The number of hydrogen-bond donors (Lipinski definition) is 1. The number of benzene rings is 2. The van der Waals surface area contributed by atoms with Crippen LogP contribution in [-0.4, -0.2) is 18.8 Å². The van der Waals surface area contributed by atoms with Crippen LogP contribution in [0.3, 0.4) is 0 Å². The van der Waals surface area contributed by atoms with E-state index in [1.807, 2.05) is 12.1 Å². The van der Waals surface area contributed by atoms with Crippen molar-refractivity contribution in [1.82, 2.24) is 0 Å². The Bertz CT molecular complexity index is 562. The molecule has 3 rings (SSSR count). The van der Waals surface area contributed by atoms with Crippen molar-refractivity contribution in [1.29, 1.82) is 0 Å². The molecule has 1 aliphatic rings. The summed E-state index contributed by atoms with van der Waals surface area (Å²) in [4.78, 5) is 0. The topological polar surface area (TPSA) is 29.5 Å². The van der Waals surface area contributed by atoms with Gasteiger partial charge in [0, 0.05) is 6.61 Å². The molecule has 0 amide bonds. The van der Waals surface area contributed by atoms with Crippen molar-refractivity contribution in [2.45, 2.75) is 18.8 Å². The van der Waals surface area contributed by atoms with E-state index in [1.165, 1.54) is 17.5 Å². The maximum atomic E-state index is 9.74. The van der Waals surface area contributed by atoms with Crippen molar-refractivity contribution < 1.29 is 9.84 Å². The minimum atomic E-state index is 0.264. The van der Waals surface area contributed by atoms with E-state index in [0.29, 0.717) is 17.8 Å². The van der Waals surface area contributed by atoms with Gasteiger partial charge in [0.05, 0.1) is 7.11 Å². The molecule has 1 saturated carbocycles. The van der Waals surface area contributed by atoms with Crippen LogP contribution in [0.4, 0.5) is 0 Å². The van der Waals surface area contributed by atoms with E-state index in [0.717, 1.165) is 12.2 Å². The lowest BCUT2D eigenvalue weighted by Gasteiger charge is -2.14. The molecule has 2 aromatic rings. The molecule has 1 N–H and O–H groups in total. The van der Waals surface area contributed by atoms with Crippen LogP contribution in [0.5, 0.6) is 5.75 Å². The van der Waals surface area contributed by atoms with E-state index in [9.17, 15) is 5.11 Å². The van der Waals surface area contributed by atoms with Crippen LogP contribution in [0, 0.1) is 11.8 Å². The van der Waals surface area contributed by atoms with Crippen LogP contribution in [-0.2, 0) is 6.42 Å². The van der Waals surface area contributed by atoms with E-state index in [1.54, 1.807) is 7.11 Å². The summed E-state index contributed by atoms with van der Waals surface area (Å²) in [6.07, 6.45) is 2.14. The van der Waals surface area contributed by atoms with Crippen molar-refractivity contribution in [2.75, 3.05) is 13.7 Å².